The van der Waals surface area contributed by atoms with Crippen molar-refractivity contribution in [2.45, 2.75) is 25.3 Å². The zero-order valence-corrected chi connectivity index (χ0v) is 19.7. The topological polar surface area (TPSA) is 113 Å². The van der Waals surface area contributed by atoms with Crippen LogP contribution in [0.3, 0.4) is 0 Å². The van der Waals surface area contributed by atoms with Crippen LogP contribution in [0.1, 0.15) is 17.3 Å². The maximum Gasteiger partial charge on any atom is 0.271 e. The van der Waals surface area contributed by atoms with Crippen LogP contribution in [0.25, 0.3) is 0 Å². The first kappa shape index (κ1) is 23.7. The molecule has 3 aromatic carbocycles. The SMILES string of the molecule is C=CCn1cc(COc2ccc(N3C(=O)C(Oc4ccccc4)C3c3ccc([N+](=O)[O-])cc3)cc2)nn1. The van der Waals surface area contributed by atoms with Crippen LogP contribution in [0.2, 0.25) is 0 Å². The van der Waals surface area contributed by atoms with E-state index in [-0.39, 0.29) is 18.2 Å². The maximum absolute atomic E-state index is 13.2. The van der Waals surface area contributed by atoms with Gasteiger partial charge in [0.15, 0.2) is 0 Å². The van der Waals surface area contributed by atoms with E-state index in [0.717, 1.165) is 5.56 Å². The minimum absolute atomic E-state index is 0.0208. The number of non-ortho nitro benzene ring substituents is 1. The Balaban J connectivity index is 1.34. The minimum atomic E-state index is -0.766. The first-order chi connectivity index (χ1) is 18.0. The fraction of sp³-hybridized carbons (Fsp3) is 0.148. The molecule has 0 aliphatic carbocycles. The summed E-state index contributed by atoms with van der Waals surface area (Å²) in [5.41, 5.74) is 2.05. The van der Waals surface area contributed by atoms with Crippen molar-refractivity contribution in [1.29, 1.82) is 0 Å². The normalized spacial score (nSPS) is 16.6. The zero-order chi connectivity index (χ0) is 25.8. The molecule has 10 heteroatoms. The summed E-state index contributed by atoms with van der Waals surface area (Å²) in [6.07, 6.45) is 2.75. The molecule has 2 unspecified atom stereocenters. The Morgan fingerprint density at radius 1 is 1.00 bits per heavy atom. The molecule has 0 bridgehead atoms. The first-order valence-electron chi connectivity index (χ1n) is 11.6. The van der Waals surface area contributed by atoms with E-state index >= 15 is 0 Å². The molecule has 1 amide bonds. The fourth-order valence-corrected chi connectivity index (χ4v) is 4.11. The van der Waals surface area contributed by atoms with E-state index in [1.165, 1.54) is 12.1 Å². The Hall–Kier alpha value is -4.99. The molecule has 1 aliphatic heterocycles. The molecule has 5 rings (SSSR count). The van der Waals surface area contributed by atoms with Gasteiger partial charge in [0.05, 0.1) is 17.7 Å². The van der Waals surface area contributed by atoms with Gasteiger partial charge in [-0.1, -0.05) is 29.5 Å². The van der Waals surface area contributed by atoms with Crippen LogP contribution < -0.4 is 14.4 Å². The van der Waals surface area contributed by atoms with E-state index in [1.807, 2.05) is 18.2 Å². The van der Waals surface area contributed by atoms with E-state index in [4.69, 9.17) is 9.47 Å². The third-order valence-corrected chi connectivity index (χ3v) is 5.90. The minimum Gasteiger partial charge on any atom is -0.487 e. The van der Waals surface area contributed by atoms with Gasteiger partial charge in [-0.25, -0.2) is 4.68 Å². The van der Waals surface area contributed by atoms with E-state index < -0.39 is 17.1 Å². The highest BCUT2D eigenvalue weighted by Crippen LogP contribution is 2.42. The second kappa shape index (κ2) is 10.3. The van der Waals surface area contributed by atoms with Crippen molar-refractivity contribution in [3.8, 4) is 11.5 Å². The lowest BCUT2D eigenvalue weighted by molar-refractivity contribution is -0.384. The molecular formula is C27H23N5O5. The second-order valence-electron chi connectivity index (χ2n) is 8.36. The van der Waals surface area contributed by atoms with Gasteiger partial charge in [-0.05, 0) is 54.1 Å². The van der Waals surface area contributed by atoms with Gasteiger partial charge in [0.1, 0.15) is 29.8 Å². The molecule has 1 aromatic heterocycles. The molecule has 37 heavy (non-hydrogen) atoms. The Kier molecular flexibility index (Phi) is 6.62. The number of aromatic nitrogens is 3. The average molecular weight is 498 g/mol. The second-order valence-corrected chi connectivity index (χ2v) is 8.36. The predicted octanol–water partition coefficient (Wildman–Crippen LogP) is 4.49. The number of para-hydroxylation sites is 1. The lowest BCUT2D eigenvalue weighted by Crippen LogP contribution is -2.61. The van der Waals surface area contributed by atoms with Gasteiger partial charge < -0.3 is 9.47 Å². The van der Waals surface area contributed by atoms with Gasteiger partial charge in [-0.15, -0.1) is 11.7 Å². The molecule has 10 nitrogen and oxygen atoms in total. The molecule has 1 aliphatic rings. The largest absolute Gasteiger partial charge is 0.487 e. The standard InChI is InChI=1S/C27H23N5O5/c1-2-16-30-17-20(28-29-30)18-36-23-14-12-21(13-15-23)31-25(19-8-10-22(11-9-19)32(34)35)26(27(31)33)37-24-6-4-3-5-7-24/h2-15,17,25-26H,1,16,18H2. The van der Waals surface area contributed by atoms with E-state index in [2.05, 4.69) is 16.9 Å². The summed E-state index contributed by atoms with van der Waals surface area (Å²) in [6.45, 7) is 4.49. The number of ether oxygens (including phenoxy) is 2. The number of nitro groups is 1. The number of carbonyl (C=O) groups is 1. The molecule has 2 heterocycles. The van der Waals surface area contributed by atoms with Gasteiger partial charge in [0, 0.05) is 17.8 Å². The lowest BCUT2D eigenvalue weighted by Gasteiger charge is -2.46. The monoisotopic (exact) mass is 497 g/mol. The Morgan fingerprint density at radius 3 is 2.41 bits per heavy atom. The molecule has 186 valence electrons. The van der Waals surface area contributed by atoms with Gasteiger partial charge >= 0.3 is 0 Å². The van der Waals surface area contributed by atoms with E-state index in [1.54, 1.807) is 70.4 Å². The van der Waals surface area contributed by atoms with Crippen LogP contribution in [0.5, 0.6) is 11.5 Å². The number of anilines is 1. The van der Waals surface area contributed by atoms with Gasteiger partial charge in [-0.3, -0.25) is 19.8 Å². The van der Waals surface area contributed by atoms with Crippen LogP contribution in [-0.4, -0.2) is 31.9 Å². The fourth-order valence-electron chi connectivity index (χ4n) is 4.11. The number of hydrogen-bond donors (Lipinski definition) is 0. The van der Waals surface area contributed by atoms with E-state index in [0.29, 0.717) is 29.4 Å². The molecule has 1 saturated heterocycles. The molecular weight excluding hydrogens is 474 g/mol. The van der Waals surface area contributed by atoms with Crippen LogP contribution in [-0.2, 0) is 17.9 Å². The number of amides is 1. The molecule has 0 saturated carbocycles. The smallest absolute Gasteiger partial charge is 0.271 e. The maximum atomic E-state index is 13.2. The van der Waals surface area contributed by atoms with Gasteiger partial charge in [0.2, 0.25) is 6.10 Å². The predicted molar refractivity (Wildman–Crippen MR) is 135 cm³/mol. The van der Waals surface area contributed by atoms with Crippen molar-refractivity contribution in [1.82, 2.24) is 15.0 Å². The van der Waals surface area contributed by atoms with Crippen molar-refractivity contribution in [2.75, 3.05) is 4.90 Å². The summed E-state index contributed by atoms with van der Waals surface area (Å²) >= 11 is 0. The summed E-state index contributed by atoms with van der Waals surface area (Å²) in [5, 5.41) is 19.2. The van der Waals surface area contributed by atoms with Crippen molar-refractivity contribution < 1.29 is 19.2 Å². The number of allylic oxidation sites excluding steroid dienone is 1. The molecule has 4 aromatic rings. The Bertz CT molecular complexity index is 1400. The number of carbonyl (C=O) groups excluding carboxylic acids is 1. The summed E-state index contributed by atoms with van der Waals surface area (Å²) < 4.78 is 13.5. The molecule has 2 atom stereocenters. The van der Waals surface area contributed by atoms with Crippen LogP contribution in [0.15, 0.2) is 97.7 Å². The lowest BCUT2D eigenvalue weighted by atomic mass is 9.89. The summed E-state index contributed by atoms with van der Waals surface area (Å²) in [7, 11) is 0. The average Bonchev–Trinajstić information content (AvgIpc) is 3.38. The molecule has 1 fully saturated rings. The van der Waals surface area contributed by atoms with E-state index in [9.17, 15) is 14.9 Å². The third-order valence-electron chi connectivity index (χ3n) is 5.90. The quantitative estimate of drug-likeness (QED) is 0.137. The Morgan fingerprint density at radius 2 is 1.73 bits per heavy atom. The highest BCUT2D eigenvalue weighted by atomic mass is 16.6. The summed E-state index contributed by atoms with van der Waals surface area (Å²) in [6, 6.07) is 21.9. The van der Waals surface area contributed by atoms with Gasteiger partial charge in [0.25, 0.3) is 11.6 Å². The summed E-state index contributed by atoms with van der Waals surface area (Å²) in [5.74, 6) is 0.972. The third kappa shape index (κ3) is 5.03. The van der Waals surface area contributed by atoms with Crippen LogP contribution in [0, 0.1) is 10.1 Å². The van der Waals surface area contributed by atoms with Crippen LogP contribution in [0.4, 0.5) is 11.4 Å². The van der Waals surface area contributed by atoms with Crippen molar-refractivity contribution in [3.63, 3.8) is 0 Å². The van der Waals surface area contributed by atoms with Crippen molar-refractivity contribution >= 4 is 17.3 Å². The van der Waals surface area contributed by atoms with Crippen molar-refractivity contribution in [3.05, 3.63) is 119 Å². The highest BCUT2D eigenvalue weighted by Gasteiger charge is 2.51. The number of nitro benzene ring substituents is 1. The molecule has 0 spiro atoms. The number of β-lactam (4-membered cyclic amide) rings is 1. The highest BCUT2D eigenvalue weighted by molar-refractivity contribution is 6.05. The number of rotatable bonds is 10. The van der Waals surface area contributed by atoms with Crippen molar-refractivity contribution in [2.24, 2.45) is 0 Å². The number of benzene rings is 3. The van der Waals surface area contributed by atoms with Gasteiger partial charge in [-0.2, -0.15) is 0 Å². The zero-order valence-electron chi connectivity index (χ0n) is 19.7. The first-order valence-corrected chi connectivity index (χ1v) is 11.6. The van der Waals surface area contributed by atoms with Crippen LogP contribution >= 0.6 is 0 Å². The molecule has 0 N–H and O–H groups in total. The molecule has 0 radical (unpaired) electrons. The number of nitrogens with zero attached hydrogens (tertiary/aromatic N) is 5. The number of hydrogen-bond acceptors (Lipinski definition) is 7. The Labute approximate surface area is 212 Å². The summed E-state index contributed by atoms with van der Waals surface area (Å²) in [4.78, 5) is 25.5.